The Morgan fingerprint density at radius 1 is 0.769 bits per heavy atom. The van der Waals surface area contributed by atoms with Crippen LogP contribution in [0, 0.1) is 19.7 Å². The van der Waals surface area contributed by atoms with E-state index < -0.39 is 0 Å². The number of hydrogen-bond donors (Lipinski definition) is 4. The molecule has 0 bridgehead atoms. The Labute approximate surface area is 311 Å². The number of hydrogen-bond acceptors (Lipinski definition) is 5. The predicted octanol–water partition coefficient (Wildman–Crippen LogP) is 11.5. The molecule has 0 saturated heterocycles. The molecule has 4 N–H and O–H groups in total. The van der Waals surface area contributed by atoms with Crippen molar-refractivity contribution < 1.29 is 9.13 Å². The second kappa shape index (κ2) is 18.8. The third-order valence-corrected chi connectivity index (χ3v) is 9.31. The van der Waals surface area contributed by atoms with E-state index in [1.165, 1.54) is 33.9 Å². The summed E-state index contributed by atoms with van der Waals surface area (Å²) < 4.78 is 19.2. The smallest absolute Gasteiger partial charge is 0.126 e. The van der Waals surface area contributed by atoms with Gasteiger partial charge < -0.3 is 26.0 Å². The average Bonchev–Trinajstić information content (AvgIpc) is 3.19. The van der Waals surface area contributed by atoms with Gasteiger partial charge in [0.2, 0.25) is 0 Å². The molecule has 0 amide bonds. The van der Waals surface area contributed by atoms with Crippen LogP contribution in [0.1, 0.15) is 90.4 Å². The molecule has 0 spiro atoms. The minimum absolute atomic E-state index is 0.0114. The number of dihydropyridines is 2. The van der Waals surface area contributed by atoms with Crippen molar-refractivity contribution in [3.8, 4) is 0 Å². The first kappa shape index (κ1) is 39.5. The maximum atomic E-state index is 13.6. The zero-order chi connectivity index (χ0) is 37.8. The standard InChI is InChI=1S/C22H23FN2.C22H26N2O.C2H6/c1-14(2)19-13-16(8-10-21(19)24-4)18-6-5-11-25-22(18)17-7-9-20(23)15(3)12-17;1-15-7-5-8-18(13-15)22-19(9-6-12-24-22)17-10-11-21(23-3)20(14-17)16(2)25-4;1-2/h5-13,22,24-25H,1H2,2-4H3;5-14,16,22-24H,1-4H3;1-2H3. The molecule has 6 rings (SSSR count). The Balaban J connectivity index is 0.000000222. The van der Waals surface area contributed by atoms with E-state index in [9.17, 15) is 4.39 Å². The molecule has 6 heteroatoms. The van der Waals surface area contributed by atoms with E-state index in [0.717, 1.165) is 39.2 Å². The molecular formula is C46H55FN4O. The number of rotatable bonds is 9. The number of anilines is 2. The fourth-order valence-electron chi connectivity index (χ4n) is 6.48. The highest BCUT2D eigenvalue weighted by Crippen LogP contribution is 2.37. The van der Waals surface area contributed by atoms with E-state index in [2.05, 4.69) is 121 Å². The molecule has 2 heterocycles. The van der Waals surface area contributed by atoms with Crippen LogP contribution in [0.25, 0.3) is 16.7 Å². The lowest BCUT2D eigenvalue weighted by Gasteiger charge is -2.26. The number of benzene rings is 4. The second-order valence-corrected chi connectivity index (χ2v) is 12.8. The molecular weight excluding hydrogens is 644 g/mol. The highest BCUT2D eigenvalue weighted by atomic mass is 19.1. The van der Waals surface area contributed by atoms with Crippen LogP contribution in [0.4, 0.5) is 15.8 Å². The van der Waals surface area contributed by atoms with Gasteiger partial charge in [0.15, 0.2) is 0 Å². The van der Waals surface area contributed by atoms with Crippen molar-refractivity contribution in [3.05, 3.63) is 172 Å². The zero-order valence-electron chi connectivity index (χ0n) is 32.2. The van der Waals surface area contributed by atoms with Crippen LogP contribution in [-0.2, 0) is 4.74 Å². The lowest BCUT2D eigenvalue weighted by Crippen LogP contribution is -2.20. The van der Waals surface area contributed by atoms with Gasteiger partial charge in [-0.1, -0.05) is 86.7 Å². The summed E-state index contributed by atoms with van der Waals surface area (Å²) in [5, 5.41) is 13.4. The summed E-state index contributed by atoms with van der Waals surface area (Å²) in [7, 11) is 5.60. The summed E-state index contributed by atoms with van der Waals surface area (Å²) >= 11 is 0. The van der Waals surface area contributed by atoms with Crippen LogP contribution in [0.5, 0.6) is 0 Å². The quantitative estimate of drug-likeness (QED) is 0.140. The Hall–Kier alpha value is -5.33. The summed E-state index contributed by atoms with van der Waals surface area (Å²) in [6.45, 7) is 16.1. The maximum absolute atomic E-state index is 13.6. The molecule has 0 fully saturated rings. The van der Waals surface area contributed by atoms with Crippen molar-refractivity contribution in [2.24, 2.45) is 0 Å². The summed E-state index contributed by atoms with van der Waals surface area (Å²) in [4.78, 5) is 0. The van der Waals surface area contributed by atoms with Gasteiger partial charge in [0.25, 0.3) is 0 Å². The largest absolute Gasteiger partial charge is 0.388 e. The van der Waals surface area contributed by atoms with Crippen LogP contribution in [0.2, 0.25) is 0 Å². The molecule has 272 valence electrons. The first-order chi connectivity index (χ1) is 25.1. The van der Waals surface area contributed by atoms with Crippen molar-refractivity contribution >= 4 is 28.1 Å². The first-order valence-corrected chi connectivity index (χ1v) is 18.1. The van der Waals surface area contributed by atoms with Gasteiger partial charge in [-0.2, -0.15) is 0 Å². The van der Waals surface area contributed by atoms with Gasteiger partial charge in [0, 0.05) is 43.7 Å². The van der Waals surface area contributed by atoms with E-state index in [0.29, 0.717) is 5.56 Å². The Morgan fingerprint density at radius 3 is 1.88 bits per heavy atom. The lowest BCUT2D eigenvalue weighted by molar-refractivity contribution is 0.120. The summed E-state index contributed by atoms with van der Waals surface area (Å²) in [6, 6.07) is 27.0. The van der Waals surface area contributed by atoms with Crippen molar-refractivity contribution in [1.29, 1.82) is 0 Å². The third-order valence-electron chi connectivity index (χ3n) is 9.31. The molecule has 52 heavy (non-hydrogen) atoms. The van der Waals surface area contributed by atoms with Gasteiger partial charge in [-0.15, -0.1) is 0 Å². The molecule has 5 nitrogen and oxygen atoms in total. The van der Waals surface area contributed by atoms with Crippen molar-refractivity contribution in [1.82, 2.24) is 10.6 Å². The van der Waals surface area contributed by atoms with E-state index in [-0.39, 0.29) is 24.0 Å². The molecule has 0 saturated carbocycles. The van der Waals surface area contributed by atoms with Crippen LogP contribution in [0.3, 0.4) is 0 Å². The summed E-state index contributed by atoms with van der Waals surface area (Å²) in [5.74, 6) is -0.177. The fraction of sp³-hybridized carbons (Fsp3) is 0.261. The summed E-state index contributed by atoms with van der Waals surface area (Å²) in [6.07, 6.45) is 12.3. The maximum Gasteiger partial charge on any atom is 0.126 e. The molecule has 0 radical (unpaired) electrons. The van der Waals surface area contributed by atoms with Gasteiger partial charge in [0.1, 0.15) is 5.82 Å². The topological polar surface area (TPSA) is 57.3 Å². The number of nitrogens with one attached hydrogen (secondary N) is 4. The van der Waals surface area contributed by atoms with Gasteiger partial charge >= 0.3 is 0 Å². The average molecular weight is 699 g/mol. The van der Waals surface area contributed by atoms with Gasteiger partial charge in [0.05, 0.1) is 18.2 Å². The van der Waals surface area contributed by atoms with E-state index in [1.807, 2.05) is 65.5 Å². The number of halogens is 1. The van der Waals surface area contributed by atoms with E-state index in [4.69, 9.17) is 4.74 Å². The molecule has 3 unspecified atom stereocenters. The molecule has 4 aromatic carbocycles. The number of aryl methyl sites for hydroxylation is 2. The summed E-state index contributed by atoms with van der Waals surface area (Å²) in [5.41, 5.74) is 14.4. The monoisotopic (exact) mass is 698 g/mol. The number of methoxy groups -OCH3 is 1. The fourth-order valence-corrected chi connectivity index (χ4v) is 6.48. The molecule has 0 aromatic heterocycles. The van der Waals surface area contributed by atoms with Crippen LogP contribution in [-0.4, -0.2) is 21.2 Å². The minimum Gasteiger partial charge on any atom is -0.388 e. The Bertz CT molecular complexity index is 1970. The Kier molecular flexibility index (Phi) is 14.2. The second-order valence-electron chi connectivity index (χ2n) is 12.8. The molecule has 0 aliphatic carbocycles. The van der Waals surface area contributed by atoms with Crippen molar-refractivity contribution in [3.63, 3.8) is 0 Å². The predicted molar refractivity (Wildman–Crippen MR) is 222 cm³/mol. The van der Waals surface area contributed by atoms with E-state index >= 15 is 0 Å². The third kappa shape index (κ3) is 9.31. The van der Waals surface area contributed by atoms with Crippen molar-refractivity contribution in [2.45, 2.75) is 59.7 Å². The number of ether oxygens (including phenoxy) is 1. The van der Waals surface area contributed by atoms with Gasteiger partial charge in [-0.3, -0.25) is 0 Å². The molecule has 3 atom stereocenters. The normalized spacial score (nSPS) is 16.3. The van der Waals surface area contributed by atoms with E-state index in [1.54, 1.807) is 14.0 Å². The highest BCUT2D eigenvalue weighted by molar-refractivity contribution is 5.81. The van der Waals surface area contributed by atoms with Crippen LogP contribution >= 0.6 is 0 Å². The zero-order valence-corrected chi connectivity index (χ0v) is 32.2. The highest BCUT2D eigenvalue weighted by Gasteiger charge is 2.22. The SMILES string of the molecule is C=C(C)c1cc(C2=CC=CNC2c2ccc(F)c(C)c2)ccc1NC.CC.CNc1ccc(C2=CC=CNC2c2cccc(C)c2)cc1C(C)OC. The lowest BCUT2D eigenvalue weighted by atomic mass is 9.89. The van der Waals surface area contributed by atoms with Gasteiger partial charge in [-0.25, -0.2) is 4.39 Å². The van der Waals surface area contributed by atoms with Crippen molar-refractivity contribution in [2.75, 3.05) is 31.8 Å². The number of allylic oxidation sites excluding steroid dienone is 5. The molecule has 2 aliphatic heterocycles. The van der Waals surface area contributed by atoms with Gasteiger partial charge in [-0.05, 0) is 127 Å². The molecule has 2 aliphatic rings. The Morgan fingerprint density at radius 2 is 1.35 bits per heavy atom. The first-order valence-electron chi connectivity index (χ1n) is 18.1. The minimum atomic E-state index is -0.177. The van der Waals surface area contributed by atoms with Crippen LogP contribution < -0.4 is 21.3 Å². The van der Waals surface area contributed by atoms with Crippen LogP contribution in [0.15, 0.2) is 122 Å². The molecule has 4 aromatic rings.